The van der Waals surface area contributed by atoms with E-state index in [4.69, 9.17) is 4.42 Å². The molecule has 24 heavy (non-hydrogen) atoms. The Morgan fingerprint density at radius 3 is 2.96 bits per heavy atom. The van der Waals surface area contributed by atoms with Crippen LogP contribution < -0.4 is 4.90 Å². The van der Waals surface area contributed by atoms with Crippen molar-refractivity contribution in [2.24, 2.45) is 0 Å². The highest BCUT2D eigenvalue weighted by Crippen LogP contribution is 2.30. The number of hydrogen-bond donors (Lipinski definition) is 0. The lowest BCUT2D eigenvalue weighted by Crippen LogP contribution is -2.52. The molecule has 0 aliphatic carbocycles. The van der Waals surface area contributed by atoms with Crippen molar-refractivity contribution >= 4 is 17.5 Å². The first-order valence-corrected chi connectivity index (χ1v) is 8.34. The second kappa shape index (κ2) is 6.11. The highest BCUT2D eigenvalue weighted by Gasteiger charge is 2.38. The summed E-state index contributed by atoms with van der Waals surface area (Å²) in [6.07, 6.45) is 8.38. The normalized spacial score (nSPS) is 20.1. The number of amides is 2. The minimum atomic E-state index is -0.421. The minimum Gasteiger partial charge on any atom is -0.459 e. The Morgan fingerprint density at radius 2 is 2.12 bits per heavy atom. The fourth-order valence-corrected chi connectivity index (χ4v) is 3.61. The summed E-state index contributed by atoms with van der Waals surface area (Å²) >= 11 is 0. The Hall–Kier alpha value is -2.63. The molecule has 1 atom stereocenters. The predicted molar refractivity (Wildman–Crippen MR) is 87.7 cm³/mol. The number of furan rings is 1. The molecular formula is C18H19N3O3. The number of aromatic nitrogens is 1. The van der Waals surface area contributed by atoms with E-state index in [1.165, 1.54) is 6.26 Å². The SMILES string of the molecule is O=C([C@H]1CCCCN1C(=O)c1ccco1)N1CCc2cnccc21. The maximum absolute atomic E-state index is 13.1. The van der Waals surface area contributed by atoms with E-state index in [0.717, 1.165) is 30.5 Å². The molecule has 2 aromatic heterocycles. The smallest absolute Gasteiger partial charge is 0.290 e. The van der Waals surface area contributed by atoms with Crippen molar-refractivity contribution in [3.8, 4) is 0 Å². The highest BCUT2D eigenvalue weighted by molar-refractivity contribution is 6.02. The van der Waals surface area contributed by atoms with E-state index in [1.54, 1.807) is 28.1 Å². The summed E-state index contributed by atoms with van der Waals surface area (Å²) in [6.45, 7) is 1.24. The average molecular weight is 325 g/mol. The van der Waals surface area contributed by atoms with Gasteiger partial charge in [0, 0.05) is 25.5 Å². The molecule has 2 aliphatic rings. The van der Waals surface area contributed by atoms with Crippen LogP contribution in [0.2, 0.25) is 0 Å². The molecule has 124 valence electrons. The van der Waals surface area contributed by atoms with Gasteiger partial charge < -0.3 is 14.2 Å². The molecule has 4 heterocycles. The van der Waals surface area contributed by atoms with Crippen LogP contribution in [0.15, 0.2) is 41.3 Å². The minimum absolute atomic E-state index is 0.000411. The molecule has 1 saturated heterocycles. The molecule has 2 amide bonds. The summed E-state index contributed by atoms with van der Waals surface area (Å²) in [5.41, 5.74) is 2.01. The van der Waals surface area contributed by atoms with Gasteiger partial charge in [-0.25, -0.2) is 0 Å². The van der Waals surface area contributed by atoms with Crippen molar-refractivity contribution in [2.75, 3.05) is 18.0 Å². The molecule has 0 bridgehead atoms. The number of carbonyl (C=O) groups excluding carboxylic acids is 2. The maximum Gasteiger partial charge on any atom is 0.290 e. The van der Waals surface area contributed by atoms with Crippen LogP contribution in [0.25, 0.3) is 0 Å². The van der Waals surface area contributed by atoms with Crippen molar-refractivity contribution in [2.45, 2.75) is 31.7 Å². The fourth-order valence-electron chi connectivity index (χ4n) is 3.61. The molecule has 0 radical (unpaired) electrons. The van der Waals surface area contributed by atoms with Gasteiger partial charge in [0.25, 0.3) is 5.91 Å². The number of carbonyl (C=O) groups is 2. The summed E-state index contributed by atoms with van der Waals surface area (Å²) in [7, 11) is 0. The van der Waals surface area contributed by atoms with Crippen LogP contribution >= 0.6 is 0 Å². The van der Waals surface area contributed by atoms with Crippen LogP contribution in [-0.4, -0.2) is 40.8 Å². The van der Waals surface area contributed by atoms with E-state index in [1.807, 2.05) is 12.3 Å². The van der Waals surface area contributed by atoms with Gasteiger partial charge in [-0.2, -0.15) is 0 Å². The number of rotatable bonds is 2. The van der Waals surface area contributed by atoms with E-state index in [0.29, 0.717) is 25.3 Å². The predicted octanol–water partition coefficient (Wildman–Crippen LogP) is 2.26. The number of piperidine rings is 1. The zero-order valence-electron chi connectivity index (χ0n) is 13.4. The number of pyridine rings is 1. The fraction of sp³-hybridized carbons (Fsp3) is 0.389. The topological polar surface area (TPSA) is 66.7 Å². The first-order chi connectivity index (χ1) is 11.8. The molecule has 4 rings (SSSR count). The third-order valence-corrected chi connectivity index (χ3v) is 4.82. The Morgan fingerprint density at radius 1 is 1.21 bits per heavy atom. The lowest BCUT2D eigenvalue weighted by Gasteiger charge is -2.36. The zero-order chi connectivity index (χ0) is 16.5. The van der Waals surface area contributed by atoms with E-state index < -0.39 is 6.04 Å². The monoisotopic (exact) mass is 325 g/mol. The lowest BCUT2D eigenvalue weighted by atomic mass is 10.00. The van der Waals surface area contributed by atoms with Crippen LogP contribution in [0.4, 0.5) is 5.69 Å². The van der Waals surface area contributed by atoms with Gasteiger partial charge in [-0.1, -0.05) is 0 Å². The van der Waals surface area contributed by atoms with Gasteiger partial charge >= 0.3 is 0 Å². The van der Waals surface area contributed by atoms with Gasteiger partial charge in [0.1, 0.15) is 6.04 Å². The van der Waals surface area contributed by atoms with Crippen LogP contribution in [-0.2, 0) is 11.2 Å². The lowest BCUT2D eigenvalue weighted by molar-refractivity contribution is -0.124. The number of fused-ring (bicyclic) bond motifs is 1. The maximum atomic E-state index is 13.1. The number of likely N-dealkylation sites (tertiary alicyclic amines) is 1. The Balaban J connectivity index is 1.59. The first-order valence-electron chi connectivity index (χ1n) is 8.34. The molecule has 6 nitrogen and oxygen atoms in total. The summed E-state index contributed by atoms with van der Waals surface area (Å²) in [5, 5.41) is 0. The first kappa shape index (κ1) is 14.9. The molecule has 0 saturated carbocycles. The molecule has 0 N–H and O–H groups in total. The number of hydrogen-bond acceptors (Lipinski definition) is 4. The van der Waals surface area contributed by atoms with Crippen LogP contribution in [0.1, 0.15) is 35.4 Å². The molecule has 0 unspecified atom stereocenters. The number of nitrogens with zero attached hydrogens (tertiary/aromatic N) is 3. The zero-order valence-corrected chi connectivity index (χ0v) is 13.4. The van der Waals surface area contributed by atoms with Gasteiger partial charge in [-0.05, 0) is 49.4 Å². The second-order valence-corrected chi connectivity index (χ2v) is 6.23. The summed E-state index contributed by atoms with van der Waals surface area (Å²) in [6, 6.07) is 4.80. The van der Waals surface area contributed by atoms with Gasteiger partial charge in [-0.3, -0.25) is 14.6 Å². The number of anilines is 1. The summed E-state index contributed by atoms with van der Waals surface area (Å²) in [5.74, 6) is 0.0903. The highest BCUT2D eigenvalue weighted by atomic mass is 16.3. The van der Waals surface area contributed by atoms with Crippen LogP contribution in [0.5, 0.6) is 0 Å². The van der Waals surface area contributed by atoms with E-state index in [9.17, 15) is 9.59 Å². The van der Waals surface area contributed by atoms with Crippen molar-refractivity contribution in [3.63, 3.8) is 0 Å². The van der Waals surface area contributed by atoms with Gasteiger partial charge in [0.05, 0.1) is 12.0 Å². The Bertz CT molecular complexity index is 757. The average Bonchev–Trinajstić information content (AvgIpc) is 3.30. The summed E-state index contributed by atoms with van der Waals surface area (Å²) in [4.78, 5) is 33.4. The quantitative estimate of drug-likeness (QED) is 0.849. The largest absolute Gasteiger partial charge is 0.459 e. The second-order valence-electron chi connectivity index (χ2n) is 6.23. The van der Waals surface area contributed by atoms with Crippen molar-refractivity contribution in [1.82, 2.24) is 9.88 Å². The van der Waals surface area contributed by atoms with Gasteiger partial charge in [-0.15, -0.1) is 0 Å². The standard InChI is InChI=1S/C18H19N3O3/c22-17(21-10-7-13-12-19-8-6-14(13)21)15-4-1-2-9-20(15)18(23)16-5-3-11-24-16/h3,5-6,8,11-12,15H,1-2,4,7,9-10H2/t15-/m1/s1. The van der Waals surface area contributed by atoms with Crippen molar-refractivity contribution in [3.05, 3.63) is 48.2 Å². The molecule has 2 aromatic rings. The Labute approximate surface area is 140 Å². The van der Waals surface area contributed by atoms with E-state index in [2.05, 4.69) is 4.98 Å². The van der Waals surface area contributed by atoms with Crippen LogP contribution in [0.3, 0.4) is 0 Å². The third-order valence-electron chi connectivity index (χ3n) is 4.82. The van der Waals surface area contributed by atoms with Crippen LogP contribution in [0, 0.1) is 0 Å². The van der Waals surface area contributed by atoms with Crippen molar-refractivity contribution in [1.29, 1.82) is 0 Å². The third kappa shape index (κ3) is 2.48. The molecule has 0 aromatic carbocycles. The van der Waals surface area contributed by atoms with Gasteiger partial charge in [0.15, 0.2) is 5.76 Å². The molecule has 6 heteroatoms. The molecule has 2 aliphatic heterocycles. The van der Waals surface area contributed by atoms with E-state index in [-0.39, 0.29) is 11.8 Å². The summed E-state index contributed by atoms with van der Waals surface area (Å²) < 4.78 is 5.23. The van der Waals surface area contributed by atoms with Crippen molar-refractivity contribution < 1.29 is 14.0 Å². The molecule has 1 fully saturated rings. The van der Waals surface area contributed by atoms with E-state index >= 15 is 0 Å². The van der Waals surface area contributed by atoms with Gasteiger partial charge in [0.2, 0.25) is 5.91 Å². The Kier molecular flexibility index (Phi) is 3.80. The molecular weight excluding hydrogens is 306 g/mol. The molecule has 0 spiro atoms.